The van der Waals surface area contributed by atoms with E-state index in [2.05, 4.69) is 18.6 Å². The maximum atomic E-state index is 12.7. The molecule has 1 aliphatic carbocycles. The van der Waals surface area contributed by atoms with Crippen LogP contribution in [0.5, 0.6) is 0 Å². The molecule has 0 aromatic heterocycles. The number of nitrogens with one attached hydrogen (secondary N) is 1. The highest BCUT2D eigenvalue weighted by Crippen LogP contribution is 2.38. The fourth-order valence-corrected chi connectivity index (χ4v) is 5.01. The lowest BCUT2D eigenvalue weighted by molar-refractivity contribution is 0.280. The van der Waals surface area contributed by atoms with Gasteiger partial charge < -0.3 is 5.11 Å². The molecule has 1 fully saturated rings. The Morgan fingerprint density at radius 3 is 2.62 bits per heavy atom. The van der Waals surface area contributed by atoms with Crippen molar-refractivity contribution in [3.63, 3.8) is 0 Å². The Bertz CT molecular complexity index is 641. The van der Waals surface area contributed by atoms with Gasteiger partial charge >= 0.3 is 0 Å². The predicted octanol–water partition coefficient (Wildman–Crippen LogP) is 3.00. The zero-order chi connectivity index (χ0) is 15.8. The molecule has 118 valence electrons. The van der Waals surface area contributed by atoms with Crippen LogP contribution in [-0.2, 0) is 16.6 Å². The molecule has 0 aliphatic heterocycles. The normalized spacial score (nSPS) is 21.7. The van der Waals surface area contributed by atoms with Gasteiger partial charge in [0.25, 0.3) is 0 Å². The molecular weight excluding hydrogens is 310 g/mol. The third kappa shape index (κ3) is 3.42. The monoisotopic (exact) mass is 331 g/mol. The zero-order valence-corrected chi connectivity index (χ0v) is 14.2. The van der Waals surface area contributed by atoms with E-state index in [1.807, 2.05) is 0 Å². The molecule has 21 heavy (non-hydrogen) atoms. The third-order valence-corrected chi connectivity index (χ3v) is 6.26. The summed E-state index contributed by atoms with van der Waals surface area (Å²) in [4.78, 5) is 0.154. The smallest absolute Gasteiger partial charge is 0.241 e. The van der Waals surface area contributed by atoms with Gasteiger partial charge in [0.15, 0.2) is 0 Å². The van der Waals surface area contributed by atoms with Gasteiger partial charge in [-0.15, -0.1) is 0 Å². The van der Waals surface area contributed by atoms with Crippen LogP contribution >= 0.6 is 11.6 Å². The molecule has 1 unspecified atom stereocenters. The highest BCUT2D eigenvalue weighted by Gasteiger charge is 2.37. The van der Waals surface area contributed by atoms with Crippen LogP contribution < -0.4 is 4.72 Å². The lowest BCUT2D eigenvalue weighted by Gasteiger charge is -2.28. The van der Waals surface area contributed by atoms with Gasteiger partial charge in [0, 0.05) is 11.1 Å². The quantitative estimate of drug-likeness (QED) is 0.891. The number of hydrogen-bond acceptors (Lipinski definition) is 3. The summed E-state index contributed by atoms with van der Waals surface area (Å²) >= 11 is 5.98. The average molecular weight is 332 g/mol. The molecule has 0 heterocycles. The Morgan fingerprint density at radius 2 is 2.10 bits per heavy atom. The standard InChI is InChI=1S/C15H22ClNO3S/c1-10-11(9-18)7-12(16)8-13(10)21(19,20)17-14-5-4-6-15(14,2)3/h7-8,14,17-18H,4-6,9H2,1-3H3. The summed E-state index contributed by atoms with van der Waals surface area (Å²) < 4.78 is 28.1. The largest absolute Gasteiger partial charge is 0.392 e. The number of aliphatic hydroxyl groups excluding tert-OH is 1. The van der Waals surface area contributed by atoms with Crippen LogP contribution in [-0.4, -0.2) is 19.6 Å². The maximum Gasteiger partial charge on any atom is 0.241 e. The Morgan fingerprint density at radius 1 is 1.43 bits per heavy atom. The second-order valence-corrected chi connectivity index (χ2v) is 8.52. The van der Waals surface area contributed by atoms with E-state index in [4.69, 9.17) is 11.6 Å². The fraction of sp³-hybridized carbons (Fsp3) is 0.600. The molecule has 1 atom stereocenters. The Balaban J connectivity index is 2.38. The Hall–Kier alpha value is -0.620. The number of rotatable bonds is 4. The minimum Gasteiger partial charge on any atom is -0.392 e. The van der Waals surface area contributed by atoms with Crippen LogP contribution in [0.4, 0.5) is 0 Å². The van der Waals surface area contributed by atoms with Crippen molar-refractivity contribution in [3.8, 4) is 0 Å². The van der Waals surface area contributed by atoms with E-state index in [1.54, 1.807) is 13.0 Å². The van der Waals surface area contributed by atoms with Crippen LogP contribution in [0.15, 0.2) is 17.0 Å². The summed E-state index contributed by atoms with van der Waals surface area (Å²) in [5.74, 6) is 0. The maximum absolute atomic E-state index is 12.7. The van der Waals surface area contributed by atoms with Crippen molar-refractivity contribution in [2.24, 2.45) is 5.41 Å². The van der Waals surface area contributed by atoms with Gasteiger partial charge in [0.1, 0.15) is 0 Å². The molecule has 1 saturated carbocycles. The van der Waals surface area contributed by atoms with Crippen LogP contribution in [0, 0.1) is 12.3 Å². The molecule has 1 aromatic carbocycles. The number of sulfonamides is 1. The molecule has 4 nitrogen and oxygen atoms in total. The number of halogens is 1. The fourth-order valence-electron chi connectivity index (χ4n) is 2.95. The summed E-state index contributed by atoms with van der Waals surface area (Å²) in [7, 11) is -3.65. The lowest BCUT2D eigenvalue weighted by atomic mass is 9.88. The molecule has 0 saturated heterocycles. The Labute approximate surface area is 131 Å². The number of benzene rings is 1. The van der Waals surface area contributed by atoms with E-state index < -0.39 is 10.0 Å². The van der Waals surface area contributed by atoms with E-state index in [0.717, 1.165) is 19.3 Å². The highest BCUT2D eigenvalue weighted by molar-refractivity contribution is 7.89. The van der Waals surface area contributed by atoms with E-state index in [1.165, 1.54) is 6.07 Å². The van der Waals surface area contributed by atoms with Gasteiger partial charge in [-0.1, -0.05) is 31.9 Å². The van der Waals surface area contributed by atoms with Gasteiger partial charge in [-0.05, 0) is 48.4 Å². The van der Waals surface area contributed by atoms with Gasteiger partial charge in [0.2, 0.25) is 10.0 Å². The molecule has 2 rings (SSSR count). The van der Waals surface area contributed by atoms with Crippen molar-refractivity contribution < 1.29 is 13.5 Å². The molecule has 0 spiro atoms. The van der Waals surface area contributed by atoms with Crippen molar-refractivity contribution in [3.05, 3.63) is 28.3 Å². The Kier molecular flexibility index (Phi) is 4.69. The number of aliphatic hydroxyl groups is 1. The first-order chi connectivity index (χ1) is 9.67. The van der Waals surface area contributed by atoms with Crippen LogP contribution in [0.25, 0.3) is 0 Å². The van der Waals surface area contributed by atoms with Crippen LogP contribution in [0.3, 0.4) is 0 Å². The molecule has 1 aliphatic rings. The minimum atomic E-state index is -3.65. The summed E-state index contributed by atoms with van der Waals surface area (Å²) in [6.45, 7) is 5.62. The molecule has 0 radical (unpaired) electrons. The second kappa shape index (κ2) is 5.88. The summed E-state index contributed by atoms with van der Waals surface area (Å²) in [6, 6.07) is 2.97. The lowest BCUT2D eigenvalue weighted by Crippen LogP contribution is -2.41. The SMILES string of the molecule is Cc1c(CO)cc(Cl)cc1S(=O)(=O)NC1CCCC1(C)C. The van der Waals surface area contributed by atoms with Crippen molar-refractivity contribution in [2.75, 3.05) is 0 Å². The zero-order valence-electron chi connectivity index (χ0n) is 12.6. The van der Waals surface area contributed by atoms with Crippen molar-refractivity contribution in [1.82, 2.24) is 4.72 Å². The van der Waals surface area contributed by atoms with Gasteiger partial charge in [-0.25, -0.2) is 13.1 Å². The van der Waals surface area contributed by atoms with Gasteiger partial charge in [-0.3, -0.25) is 0 Å². The van der Waals surface area contributed by atoms with Crippen LogP contribution in [0.1, 0.15) is 44.2 Å². The van der Waals surface area contributed by atoms with E-state index in [0.29, 0.717) is 16.1 Å². The van der Waals surface area contributed by atoms with Crippen molar-refractivity contribution in [1.29, 1.82) is 0 Å². The van der Waals surface area contributed by atoms with Crippen molar-refractivity contribution >= 4 is 21.6 Å². The van der Waals surface area contributed by atoms with E-state index in [9.17, 15) is 13.5 Å². The number of hydrogen-bond donors (Lipinski definition) is 2. The first-order valence-electron chi connectivity index (χ1n) is 7.09. The third-order valence-electron chi connectivity index (χ3n) is 4.45. The molecule has 0 bridgehead atoms. The first kappa shape index (κ1) is 16.7. The summed E-state index contributed by atoms with van der Waals surface area (Å²) in [5, 5.41) is 9.64. The first-order valence-corrected chi connectivity index (χ1v) is 8.96. The van der Waals surface area contributed by atoms with E-state index in [-0.39, 0.29) is 23.0 Å². The average Bonchev–Trinajstić information content (AvgIpc) is 2.70. The topological polar surface area (TPSA) is 66.4 Å². The molecule has 0 amide bonds. The minimum absolute atomic E-state index is 0.0423. The molecular formula is C15H22ClNO3S. The van der Waals surface area contributed by atoms with E-state index >= 15 is 0 Å². The van der Waals surface area contributed by atoms with Gasteiger partial charge in [0.05, 0.1) is 11.5 Å². The second-order valence-electron chi connectivity index (χ2n) is 6.40. The highest BCUT2D eigenvalue weighted by atomic mass is 35.5. The van der Waals surface area contributed by atoms with Crippen LogP contribution in [0.2, 0.25) is 5.02 Å². The van der Waals surface area contributed by atoms with Gasteiger partial charge in [-0.2, -0.15) is 0 Å². The molecule has 1 aromatic rings. The molecule has 2 N–H and O–H groups in total. The molecule has 6 heteroatoms. The van der Waals surface area contributed by atoms with Crippen molar-refractivity contribution in [2.45, 2.75) is 57.6 Å². The predicted molar refractivity (Wildman–Crippen MR) is 83.9 cm³/mol. The summed E-state index contributed by atoms with van der Waals surface area (Å²) in [6.07, 6.45) is 2.88. The summed E-state index contributed by atoms with van der Waals surface area (Å²) in [5.41, 5.74) is 1.04.